The van der Waals surface area contributed by atoms with Gasteiger partial charge in [0.1, 0.15) is 0 Å². The number of halogens is 2. The minimum absolute atomic E-state index is 0.0199. The third-order valence-electron chi connectivity index (χ3n) is 3.53. The number of carbonyl (C=O) groups is 1. The lowest BCUT2D eigenvalue weighted by Crippen LogP contribution is -2.27. The van der Waals surface area contributed by atoms with Crippen molar-refractivity contribution in [2.45, 2.75) is 11.7 Å². The van der Waals surface area contributed by atoms with Gasteiger partial charge in [0, 0.05) is 13.6 Å². The fourth-order valence-corrected chi connectivity index (χ4v) is 3.38. The van der Waals surface area contributed by atoms with Crippen molar-refractivity contribution >= 4 is 51.9 Å². The Balaban J connectivity index is 1.58. The number of aromatic nitrogens is 2. The first-order valence-electron chi connectivity index (χ1n) is 7.28. The summed E-state index contributed by atoms with van der Waals surface area (Å²) < 4.78 is 0. The van der Waals surface area contributed by atoms with E-state index in [4.69, 9.17) is 23.2 Å². The first-order chi connectivity index (χ1) is 11.5. The van der Waals surface area contributed by atoms with Gasteiger partial charge in [-0.15, -0.1) is 0 Å². The molecule has 7 heteroatoms. The third-order valence-corrected chi connectivity index (χ3v) is 5.13. The van der Waals surface area contributed by atoms with Gasteiger partial charge < -0.3 is 9.88 Å². The Morgan fingerprint density at radius 3 is 2.75 bits per heavy atom. The molecule has 4 nitrogen and oxygen atoms in total. The van der Waals surface area contributed by atoms with Crippen LogP contribution in [0.3, 0.4) is 0 Å². The zero-order valence-electron chi connectivity index (χ0n) is 12.9. The number of amides is 1. The largest absolute Gasteiger partial charge is 0.341 e. The van der Waals surface area contributed by atoms with E-state index < -0.39 is 0 Å². The number of carbonyl (C=O) groups excluding carboxylic acids is 1. The minimum atomic E-state index is 0.0199. The van der Waals surface area contributed by atoms with Crippen LogP contribution in [0.15, 0.2) is 47.6 Å². The molecule has 1 aromatic heterocycles. The van der Waals surface area contributed by atoms with E-state index in [0.29, 0.717) is 22.3 Å². The van der Waals surface area contributed by atoms with Gasteiger partial charge in [-0.1, -0.05) is 53.2 Å². The highest BCUT2D eigenvalue weighted by molar-refractivity contribution is 7.99. The second-order valence-corrected chi connectivity index (χ2v) is 7.12. The van der Waals surface area contributed by atoms with Crippen LogP contribution in [-0.2, 0) is 11.3 Å². The number of benzene rings is 2. The molecule has 0 unspecified atom stereocenters. The van der Waals surface area contributed by atoms with E-state index in [2.05, 4.69) is 9.97 Å². The highest BCUT2D eigenvalue weighted by atomic mass is 35.5. The summed E-state index contributed by atoms with van der Waals surface area (Å²) in [5.74, 6) is 0.337. The first-order valence-corrected chi connectivity index (χ1v) is 9.02. The summed E-state index contributed by atoms with van der Waals surface area (Å²) in [5.41, 5.74) is 2.81. The maximum Gasteiger partial charge on any atom is 0.233 e. The number of nitrogens with zero attached hydrogens (tertiary/aromatic N) is 2. The van der Waals surface area contributed by atoms with E-state index in [1.54, 1.807) is 24.1 Å². The highest BCUT2D eigenvalue weighted by Gasteiger charge is 2.12. The number of aromatic amines is 1. The van der Waals surface area contributed by atoms with Crippen LogP contribution in [0.2, 0.25) is 10.0 Å². The molecule has 1 amide bonds. The topological polar surface area (TPSA) is 49.0 Å². The number of imidazole rings is 1. The number of H-pyrrole nitrogens is 1. The number of thioether (sulfide) groups is 1. The number of hydrogen-bond acceptors (Lipinski definition) is 3. The molecule has 124 valence electrons. The Morgan fingerprint density at radius 2 is 2.00 bits per heavy atom. The van der Waals surface area contributed by atoms with Gasteiger partial charge in [-0.25, -0.2) is 4.98 Å². The summed E-state index contributed by atoms with van der Waals surface area (Å²) >= 11 is 13.3. The molecule has 3 rings (SSSR count). The molecule has 0 aliphatic carbocycles. The summed E-state index contributed by atoms with van der Waals surface area (Å²) in [6, 6.07) is 13.2. The van der Waals surface area contributed by atoms with Crippen molar-refractivity contribution in [1.82, 2.24) is 14.9 Å². The lowest BCUT2D eigenvalue weighted by Gasteiger charge is -2.17. The van der Waals surface area contributed by atoms with Gasteiger partial charge in [0.25, 0.3) is 0 Å². The molecule has 3 aromatic rings. The van der Waals surface area contributed by atoms with E-state index in [1.165, 1.54) is 11.8 Å². The lowest BCUT2D eigenvalue weighted by molar-refractivity contribution is -0.127. The molecule has 0 aliphatic rings. The second-order valence-electron chi connectivity index (χ2n) is 5.35. The molecule has 0 saturated heterocycles. The smallest absolute Gasteiger partial charge is 0.233 e. The van der Waals surface area contributed by atoms with E-state index in [9.17, 15) is 4.79 Å². The van der Waals surface area contributed by atoms with E-state index in [1.807, 2.05) is 30.3 Å². The number of rotatable bonds is 5. The number of para-hydroxylation sites is 2. The quantitative estimate of drug-likeness (QED) is 0.657. The van der Waals surface area contributed by atoms with E-state index in [-0.39, 0.29) is 5.91 Å². The molecule has 0 fully saturated rings. The van der Waals surface area contributed by atoms with Gasteiger partial charge >= 0.3 is 0 Å². The molecule has 1 heterocycles. The molecule has 24 heavy (non-hydrogen) atoms. The zero-order valence-corrected chi connectivity index (χ0v) is 15.3. The number of fused-ring (bicyclic) bond motifs is 1. The van der Waals surface area contributed by atoms with Crippen LogP contribution >= 0.6 is 35.0 Å². The summed E-state index contributed by atoms with van der Waals surface area (Å²) in [7, 11) is 1.77. The second kappa shape index (κ2) is 7.47. The number of hydrogen-bond donors (Lipinski definition) is 1. The predicted molar refractivity (Wildman–Crippen MR) is 99.8 cm³/mol. The van der Waals surface area contributed by atoms with Gasteiger partial charge in [0.05, 0.1) is 26.8 Å². The Kier molecular flexibility index (Phi) is 5.33. The van der Waals surface area contributed by atoms with E-state index in [0.717, 1.165) is 21.8 Å². The van der Waals surface area contributed by atoms with Crippen LogP contribution in [0, 0.1) is 0 Å². The fourth-order valence-electron chi connectivity index (χ4n) is 2.24. The molecular formula is C17H15Cl2N3OS. The van der Waals surface area contributed by atoms with Crippen molar-refractivity contribution in [2.75, 3.05) is 12.8 Å². The van der Waals surface area contributed by atoms with Crippen LogP contribution in [0.1, 0.15) is 5.56 Å². The molecule has 0 atom stereocenters. The Morgan fingerprint density at radius 1 is 1.21 bits per heavy atom. The van der Waals surface area contributed by atoms with Gasteiger partial charge in [-0.2, -0.15) is 0 Å². The SMILES string of the molecule is CN(Cc1ccc(Cl)c(Cl)c1)C(=O)CSc1nc2ccccc2[nH]1. The summed E-state index contributed by atoms with van der Waals surface area (Å²) in [5, 5.41) is 1.74. The van der Waals surface area contributed by atoms with Gasteiger partial charge in [0.15, 0.2) is 5.16 Å². The maximum absolute atomic E-state index is 12.3. The van der Waals surface area contributed by atoms with Gasteiger partial charge in [-0.05, 0) is 29.8 Å². The molecule has 0 saturated carbocycles. The van der Waals surface area contributed by atoms with Crippen molar-refractivity contribution in [2.24, 2.45) is 0 Å². The van der Waals surface area contributed by atoms with Crippen LogP contribution in [0.25, 0.3) is 11.0 Å². The van der Waals surface area contributed by atoms with Crippen LogP contribution in [0.4, 0.5) is 0 Å². The van der Waals surface area contributed by atoms with Crippen molar-refractivity contribution in [1.29, 1.82) is 0 Å². The minimum Gasteiger partial charge on any atom is -0.341 e. The zero-order chi connectivity index (χ0) is 17.1. The van der Waals surface area contributed by atoms with Gasteiger partial charge in [0.2, 0.25) is 5.91 Å². The van der Waals surface area contributed by atoms with Crippen LogP contribution < -0.4 is 0 Å². The molecule has 1 N–H and O–H groups in total. The number of nitrogens with one attached hydrogen (secondary N) is 1. The molecule has 0 spiro atoms. The molecule has 0 bridgehead atoms. The Hall–Kier alpha value is -1.69. The summed E-state index contributed by atoms with van der Waals surface area (Å²) in [6.45, 7) is 0.483. The van der Waals surface area contributed by atoms with E-state index >= 15 is 0 Å². The predicted octanol–water partition coefficient (Wildman–Crippen LogP) is 4.62. The Bertz CT molecular complexity index is 848. The van der Waals surface area contributed by atoms with Crippen molar-refractivity contribution in [3.05, 3.63) is 58.1 Å². The maximum atomic E-state index is 12.3. The molecule has 0 aliphatic heterocycles. The molecule has 2 aromatic carbocycles. The van der Waals surface area contributed by atoms with Crippen molar-refractivity contribution in [3.8, 4) is 0 Å². The average molecular weight is 380 g/mol. The fraction of sp³-hybridized carbons (Fsp3) is 0.176. The first kappa shape index (κ1) is 17.1. The normalized spacial score (nSPS) is 11.0. The summed E-state index contributed by atoms with van der Waals surface area (Å²) in [6.07, 6.45) is 0. The van der Waals surface area contributed by atoms with Gasteiger partial charge in [-0.3, -0.25) is 4.79 Å². The third kappa shape index (κ3) is 4.04. The summed E-state index contributed by atoms with van der Waals surface area (Å²) in [4.78, 5) is 21.6. The van der Waals surface area contributed by atoms with Crippen molar-refractivity contribution < 1.29 is 4.79 Å². The monoisotopic (exact) mass is 379 g/mol. The lowest BCUT2D eigenvalue weighted by atomic mass is 10.2. The molecular weight excluding hydrogens is 365 g/mol. The van der Waals surface area contributed by atoms with Crippen LogP contribution in [-0.4, -0.2) is 33.6 Å². The average Bonchev–Trinajstić information content (AvgIpc) is 2.99. The van der Waals surface area contributed by atoms with Crippen molar-refractivity contribution in [3.63, 3.8) is 0 Å². The van der Waals surface area contributed by atoms with Crippen LogP contribution in [0.5, 0.6) is 0 Å². The Labute approximate surface area is 154 Å². The highest BCUT2D eigenvalue weighted by Crippen LogP contribution is 2.23. The molecule has 0 radical (unpaired) electrons. The standard InChI is InChI=1S/C17H15Cl2N3OS/c1-22(9-11-6-7-12(18)13(19)8-11)16(23)10-24-17-20-14-4-2-3-5-15(14)21-17/h2-8H,9-10H2,1H3,(H,20,21).